The van der Waals surface area contributed by atoms with Gasteiger partial charge in [0, 0.05) is 50.0 Å². The maximum Gasteiger partial charge on any atom is 0.300 e. The molecule has 3 aromatic rings. The van der Waals surface area contributed by atoms with Crippen molar-refractivity contribution in [3.8, 4) is 0 Å². The molecule has 5 atom stereocenters. The summed E-state index contributed by atoms with van der Waals surface area (Å²) in [5.74, 6) is -4.95. The van der Waals surface area contributed by atoms with Crippen molar-refractivity contribution in [2.45, 2.75) is 69.3 Å². The van der Waals surface area contributed by atoms with Gasteiger partial charge in [0.2, 0.25) is 29.5 Å². The molecule has 2 heterocycles. The first-order valence-electron chi connectivity index (χ1n) is 17.0. The fourth-order valence-electron chi connectivity index (χ4n) is 5.80. The van der Waals surface area contributed by atoms with Gasteiger partial charge in [-0.15, -0.1) is 0 Å². The molecular formula is C35H47FN10O8. The molecule has 0 spiro atoms. The minimum absolute atomic E-state index is 0.0494. The van der Waals surface area contributed by atoms with Crippen LogP contribution in [0.2, 0.25) is 0 Å². The zero-order valence-electron chi connectivity index (χ0n) is 29.7. The molecule has 1 aromatic heterocycles. The number of carbonyl (C=O) groups excluding carboxylic acids is 5. The Labute approximate surface area is 309 Å². The van der Waals surface area contributed by atoms with E-state index in [1.54, 1.807) is 6.20 Å². The number of hydrogen-bond acceptors (Lipinski definition) is 9. The van der Waals surface area contributed by atoms with Gasteiger partial charge in [-0.25, -0.2) is 4.39 Å². The molecule has 1 saturated heterocycles. The van der Waals surface area contributed by atoms with Crippen LogP contribution in [0, 0.1) is 5.82 Å². The number of aliphatic carboxylic acids is 1. The molecule has 0 radical (unpaired) electrons. The van der Waals surface area contributed by atoms with Crippen LogP contribution in [0.3, 0.4) is 0 Å². The summed E-state index contributed by atoms with van der Waals surface area (Å²) < 4.78 is 13.3. The molecule has 2 aromatic carbocycles. The van der Waals surface area contributed by atoms with E-state index in [-0.39, 0.29) is 51.2 Å². The Kier molecular flexibility index (Phi) is 15.9. The summed E-state index contributed by atoms with van der Waals surface area (Å²) in [6.07, 6.45) is 1.09. The lowest BCUT2D eigenvalue weighted by molar-refractivity contribution is -0.140. The van der Waals surface area contributed by atoms with Gasteiger partial charge < -0.3 is 59.0 Å². The van der Waals surface area contributed by atoms with Crippen LogP contribution in [-0.2, 0) is 41.6 Å². The summed E-state index contributed by atoms with van der Waals surface area (Å²) in [5.41, 5.74) is 24.7. The summed E-state index contributed by atoms with van der Waals surface area (Å²) in [6, 6.07) is 8.42. The molecule has 5 unspecified atom stereocenters. The van der Waals surface area contributed by atoms with E-state index in [4.69, 9.17) is 32.8 Å². The highest BCUT2D eigenvalue weighted by molar-refractivity contribution is 5.95. The zero-order valence-corrected chi connectivity index (χ0v) is 29.7. The van der Waals surface area contributed by atoms with Gasteiger partial charge in [-0.1, -0.05) is 30.3 Å². The number of aliphatic imine (C=N–C) groups is 1. The SMILES string of the molecule is CC(=O)O.NC(=O)C(Cc1c[nH]c2ccccc12)NC(=O)CNC(=O)C(CCCN=C(N)N)NC(=O)C1CC(O)CN1C(=O)C(N)Cc1ccc(F)cc1. The summed E-state index contributed by atoms with van der Waals surface area (Å²) in [6.45, 7) is 0.526. The van der Waals surface area contributed by atoms with Crippen molar-refractivity contribution >= 4 is 52.4 Å². The zero-order chi connectivity index (χ0) is 39.9. The largest absolute Gasteiger partial charge is 0.481 e. The standard InChI is InChI=1S/C33H43FN10O6.C2H4O2/c34-20-9-7-18(8-10-20)12-23(35)32(50)44-17-21(45)14-27(44)31(49)43-25(6-3-11-39-33(37)38)30(48)41-16-28(46)42-26(29(36)47)13-19-15-40-24-5-2-1-4-22(19)24;1-2(3)4/h1-2,4-5,7-10,15,21,23,25-27,40,45H,3,6,11-14,16-17,35H2,(H2,36,47)(H,41,48)(H,42,46)(H,43,49)(H4,37,38,39);1H3,(H,3,4). The molecule has 4 rings (SSSR count). The molecule has 0 bridgehead atoms. The summed E-state index contributed by atoms with van der Waals surface area (Å²) in [7, 11) is 0. The average Bonchev–Trinajstić information content (AvgIpc) is 3.71. The first-order valence-corrected chi connectivity index (χ1v) is 17.0. The minimum Gasteiger partial charge on any atom is -0.481 e. The van der Waals surface area contributed by atoms with Gasteiger partial charge in [0.25, 0.3) is 5.97 Å². The number of rotatable bonds is 16. The number of aromatic amines is 1. The summed E-state index contributed by atoms with van der Waals surface area (Å²) in [4.78, 5) is 82.3. The van der Waals surface area contributed by atoms with E-state index in [1.165, 1.54) is 24.3 Å². The van der Waals surface area contributed by atoms with Crippen molar-refractivity contribution in [3.05, 3.63) is 71.7 Å². The normalized spacial score (nSPS) is 16.6. The van der Waals surface area contributed by atoms with E-state index in [0.717, 1.165) is 28.3 Å². The highest BCUT2D eigenvalue weighted by Gasteiger charge is 2.41. The van der Waals surface area contributed by atoms with Crippen LogP contribution in [0.25, 0.3) is 10.9 Å². The minimum atomic E-state index is -1.19. The molecule has 5 amide bonds. The Morgan fingerprint density at radius 1 is 1.00 bits per heavy atom. The molecule has 14 N–H and O–H groups in total. The van der Waals surface area contributed by atoms with Crippen molar-refractivity contribution in [2.24, 2.45) is 27.9 Å². The molecule has 1 aliphatic rings. The van der Waals surface area contributed by atoms with Crippen LogP contribution in [0.15, 0.2) is 59.7 Å². The number of hydrogen-bond donors (Lipinski definition) is 10. The number of benzene rings is 2. The third-order valence-corrected chi connectivity index (χ3v) is 8.33. The molecular weight excluding hydrogens is 707 g/mol. The number of carboxylic acids is 1. The predicted molar refractivity (Wildman–Crippen MR) is 195 cm³/mol. The van der Waals surface area contributed by atoms with E-state index in [9.17, 15) is 33.5 Å². The molecule has 0 saturated carbocycles. The topological polar surface area (TPSA) is 314 Å². The molecule has 54 heavy (non-hydrogen) atoms. The van der Waals surface area contributed by atoms with Crippen LogP contribution in [-0.4, -0.2) is 111 Å². The number of para-hydroxylation sites is 1. The van der Waals surface area contributed by atoms with Crippen LogP contribution >= 0.6 is 0 Å². The Hall–Kier alpha value is -6.08. The van der Waals surface area contributed by atoms with E-state index in [2.05, 4.69) is 25.9 Å². The highest BCUT2D eigenvalue weighted by atomic mass is 19.1. The Morgan fingerprint density at radius 3 is 2.31 bits per heavy atom. The fourth-order valence-corrected chi connectivity index (χ4v) is 5.80. The number of guanidine groups is 1. The first-order chi connectivity index (χ1) is 25.5. The lowest BCUT2D eigenvalue weighted by atomic mass is 10.0. The number of nitrogens with two attached hydrogens (primary N) is 4. The van der Waals surface area contributed by atoms with Crippen molar-refractivity contribution in [2.75, 3.05) is 19.6 Å². The highest BCUT2D eigenvalue weighted by Crippen LogP contribution is 2.21. The van der Waals surface area contributed by atoms with Gasteiger partial charge in [0.05, 0.1) is 18.7 Å². The van der Waals surface area contributed by atoms with Crippen LogP contribution in [0.5, 0.6) is 0 Å². The lowest BCUT2D eigenvalue weighted by Crippen LogP contribution is -2.56. The smallest absolute Gasteiger partial charge is 0.300 e. The first kappa shape index (κ1) is 42.3. The van der Waals surface area contributed by atoms with Crippen LogP contribution in [0.4, 0.5) is 4.39 Å². The van der Waals surface area contributed by atoms with Crippen LogP contribution < -0.4 is 38.9 Å². The Bertz CT molecular complexity index is 1810. The number of carbonyl (C=O) groups is 6. The number of fused-ring (bicyclic) bond motifs is 1. The van der Waals surface area contributed by atoms with Gasteiger partial charge >= 0.3 is 0 Å². The Balaban J connectivity index is 0.00000186. The molecule has 1 fully saturated rings. The molecule has 292 valence electrons. The average molecular weight is 755 g/mol. The van der Waals surface area contributed by atoms with Gasteiger partial charge in [-0.3, -0.25) is 33.8 Å². The number of primary amides is 1. The quantitative estimate of drug-likeness (QED) is 0.0437. The third kappa shape index (κ3) is 13.2. The van der Waals surface area contributed by atoms with Crippen molar-refractivity contribution in [3.63, 3.8) is 0 Å². The predicted octanol–water partition coefficient (Wildman–Crippen LogP) is -1.90. The number of nitrogens with zero attached hydrogens (tertiary/aromatic N) is 2. The number of aliphatic hydroxyl groups is 1. The number of aliphatic hydroxyl groups excluding tert-OH is 1. The van der Waals surface area contributed by atoms with Crippen molar-refractivity contribution < 1.29 is 43.4 Å². The van der Waals surface area contributed by atoms with Crippen molar-refractivity contribution in [1.82, 2.24) is 25.8 Å². The Morgan fingerprint density at radius 2 is 1.67 bits per heavy atom. The lowest BCUT2D eigenvalue weighted by Gasteiger charge is -2.28. The number of H-pyrrole nitrogens is 1. The van der Waals surface area contributed by atoms with Gasteiger partial charge in [-0.05, 0) is 48.6 Å². The number of carboxylic acid groups (broad SMARTS) is 1. The molecule has 19 heteroatoms. The van der Waals surface area contributed by atoms with Gasteiger partial charge in [0.1, 0.15) is 23.9 Å². The monoisotopic (exact) mass is 754 g/mol. The maximum atomic E-state index is 13.5. The molecule has 1 aliphatic heterocycles. The fraction of sp³-hybridized carbons (Fsp3) is 0.400. The van der Waals surface area contributed by atoms with Gasteiger partial charge in [0.15, 0.2) is 5.96 Å². The third-order valence-electron chi connectivity index (χ3n) is 8.33. The summed E-state index contributed by atoms with van der Waals surface area (Å²) in [5, 5.41) is 26.3. The van der Waals surface area contributed by atoms with Gasteiger partial charge in [-0.2, -0.15) is 0 Å². The second-order valence-corrected chi connectivity index (χ2v) is 12.7. The number of nitrogens with one attached hydrogen (secondary N) is 4. The molecule has 18 nitrogen and oxygen atoms in total. The molecule has 0 aliphatic carbocycles. The second kappa shape index (κ2) is 20.2. The van der Waals surface area contributed by atoms with E-state index >= 15 is 0 Å². The van der Waals surface area contributed by atoms with Crippen molar-refractivity contribution in [1.29, 1.82) is 0 Å². The van der Waals surface area contributed by atoms with E-state index < -0.39 is 78.1 Å². The number of β-amino-alcohol motifs (C(OH)–C–C–N with tert-alkyl or cyclic N) is 1. The van der Waals surface area contributed by atoms with Crippen LogP contribution in [0.1, 0.15) is 37.3 Å². The second-order valence-electron chi connectivity index (χ2n) is 12.7. The van der Waals surface area contributed by atoms with E-state index in [1.807, 2.05) is 24.3 Å². The number of aromatic nitrogens is 1. The summed E-state index contributed by atoms with van der Waals surface area (Å²) >= 11 is 0. The van der Waals surface area contributed by atoms with E-state index in [0.29, 0.717) is 5.56 Å². The number of likely N-dealkylation sites (tertiary alicyclic amines) is 1. The maximum absolute atomic E-state index is 13.5. The number of amides is 5. The number of halogens is 1.